The summed E-state index contributed by atoms with van der Waals surface area (Å²) in [6.07, 6.45) is -3.85. The number of ether oxygens (including phenoxy) is 1. The molecule has 1 aliphatic carbocycles. The first-order valence-electron chi connectivity index (χ1n) is 11.6. The summed E-state index contributed by atoms with van der Waals surface area (Å²) in [7, 11) is 0. The molecule has 0 radical (unpaired) electrons. The van der Waals surface area contributed by atoms with Crippen LogP contribution in [0.4, 0.5) is 13.2 Å². The molecular weight excluding hydrogens is 459 g/mol. The van der Waals surface area contributed by atoms with Crippen molar-refractivity contribution >= 4 is 23.5 Å². The maximum atomic E-state index is 13.2. The lowest BCUT2D eigenvalue weighted by Crippen LogP contribution is -2.53. The standard InChI is InChI=1S/C22H32F3N3O6/c1-12(2)7-16(29)20(33)28-11-21(4-5-21)9-15(28)19(32)27-14(8-13-3-6-26-18(13)31)17(30)10-34-22(23,24)25/h12-16,29H,3-11H2,1-2H3,(H,26,31)(H,27,32)/t13-,14+,15+,16+/m1/s1. The smallest absolute Gasteiger partial charge is 0.383 e. The second kappa shape index (κ2) is 10.2. The van der Waals surface area contributed by atoms with E-state index in [0.29, 0.717) is 25.9 Å². The van der Waals surface area contributed by atoms with Gasteiger partial charge in [0.1, 0.15) is 18.8 Å². The van der Waals surface area contributed by atoms with Crippen molar-refractivity contribution in [1.29, 1.82) is 0 Å². The Bertz CT molecular complexity index is 814. The normalized spacial score (nSPS) is 25.4. The fraction of sp³-hybridized carbons (Fsp3) is 0.818. The second-order valence-corrected chi connectivity index (χ2v) is 10.1. The number of likely N-dealkylation sites (tertiary alicyclic amines) is 1. The molecule has 0 aromatic carbocycles. The summed E-state index contributed by atoms with van der Waals surface area (Å²) in [4.78, 5) is 51.9. The summed E-state index contributed by atoms with van der Waals surface area (Å²) in [6.45, 7) is 3.09. The van der Waals surface area contributed by atoms with Gasteiger partial charge in [0.15, 0.2) is 5.78 Å². The molecule has 3 fully saturated rings. The van der Waals surface area contributed by atoms with Crippen molar-refractivity contribution in [3.05, 3.63) is 0 Å². The van der Waals surface area contributed by atoms with Gasteiger partial charge in [0.2, 0.25) is 11.8 Å². The zero-order valence-electron chi connectivity index (χ0n) is 19.3. The van der Waals surface area contributed by atoms with Gasteiger partial charge >= 0.3 is 6.36 Å². The van der Waals surface area contributed by atoms with Gasteiger partial charge in [-0.2, -0.15) is 0 Å². The van der Waals surface area contributed by atoms with Gasteiger partial charge < -0.3 is 20.6 Å². The van der Waals surface area contributed by atoms with Gasteiger partial charge in [-0.15, -0.1) is 13.2 Å². The van der Waals surface area contributed by atoms with Crippen LogP contribution < -0.4 is 10.6 Å². The third-order valence-corrected chi connectivity index (χ3v) is 6.80. The highest BCUT2D eigenvalue weighted by atomic mass is 19.4. The molecule has 1 spiro atoms. The summed E-state index contributed by atoms with van der Waals surface area (Å²) in [6, 6.07) is -2.33. The molecule has 2 heterocycles. The number of Topliss-reactive ketones (excluding diaryl/α,β-unsaturated/α-hetero) is 1. The lowest BCUT2D eigenvalue weighted by Gasteiger charge is -2.28. The average Bonchev–Trinajstić information content (AvgIpc) is 3.19. The molecule has 192 valence electrons. The van der Waals surface area contributed by atoms with Crippen LogP contribution in [0.3, 0.4) is 0 Å². The Morgan fingerprint density at radius 3 is 2.50 bits per heavy atom. The van der Waals surface area contributed by atoms with Crippen LogP contribution in [0.2, 0.25) is 0 Å². The van der Waals surface area contributed by atoms with E-state index in [1.54, 1.807) is 0 Å². The van der Waals surface area contributed by atoms with Gasteiger partial charge in [-0.25, -0.2) is 0 Å². The monoisotopic (exact) mass is 491 g/mol. The van der Waals surface area contributed by atoms with E-state index in [9.17, 15) is 37.5 Å². The second-order valence-electron chi connectivity index (χ2n) is 10.1. The molecule has 34 heavy (non-hydrogen) atoms. The molecule has 0 bridgehead atoms. The molecular formula is C22H32F3N3O6. The third-order valence-electron chi connectivity index (χ3n) is 6.80. The number of hydrogen-bond acceptors (Lipinski definition) is 6. The van der Waals surface area contributed by atoms with Gasteiger partial charge in [0, 0.05) is 19.0 Å². The SMILES string of the molecule is CC(C)C[C@H](O)C(=O)N1CC2(CC2)C[C@H]1C(=O)N[C@@H](C[C@H]1CCNC1=O)C(=O)COC(F)(F)F. The van der Waals surface area contributed by atoms with Crippen LogP contribution in [0.15, 0.2) is 0 Å². The van der Waals surface area contributed by atoms with Crippen LogP contribution in [-0.2, 0) is 23.9 Å². The molecule has 0 aromatic heterocycles. The average molecular weight is 492 g/mol. The Balaban J connectivity index is 1.73. The number of carbonyl (C=O) groups is 4. The van der Waals surface area contributed by atoms with Crippen LogP contribution in [0, 0.1) is 17.3 Å². The predicted octanol–water partition coefficient (Wildman–Crippen LogP) is 0.891. The minimum absolute atomic E-state index is 0.0527. The number of carbonyl (C=O) groups excluding carboxylic acids is 4. The zero-order chi connectivity index (χ0) is 25.3. The number of nitrogens with zero attached hydrogens (tertiary/aromatic N) is 1. The van der Waals surface area contributed by atoms with Gasteiger partial charge in [-0.05, 0) is 49.9 Å². The summed E-state index contributed by atoms with van der Waals surface area (Å²) >= 11 is 0. The fourth-order valence-electron chi connectivity index (χ4n) is 4.75. The van der Waals surface area contributed by atoms with Crippen molar-refractivity contribution in [2.24, 2.45) is 17.3 Å². The summed E-state index contributed by atoms with van der Waals surface area (Å²) in [5.74, 6) is -3.19. The summed E-state index contributed by atoms with van der Waals surface area (Å²) in [5, 5.41) is 15.4. The number of alkyl halides is 3. The third kappa shape index (κ3) is 6.68. The zero-order valence-corrected chi connectivity index (χ0v) is 19.3. The Labute approximate surface area is 195 Å². The first kappa shape index (κ1) is 26.4. The number of amides is 3. The lowest BCUT2D eigenvalue weighted by molar-refractivity contribution is -0.321. The molecule has 9 nitrogen and oxygen atoms in total. The van der Waals surface area contributed by atoms with Gasteiger partial charge in [0.25, 0.3) is 5.91 Å². The number of aliphatic hydroxyl groups is 1. The van der Waals surface area contributed by atoms with Crippen LogP contribution in [0.5, 0.6) is 0 Å². The quantitative estimate of drug-likeness (QED) is 0.417. The maximum absolute atomic E-state index is 13.2. The molecule has 2 aliphatic heterocycles. The Hall–Kier alpha value is -2.21. The van der Waals surface area contributed by atoms with Crippen molar-refractivity contribution in [2.75, 3.05) is 19.7 Å². The molecule has 3 aliphatic rings. The molecule has 4 atom stereocenters. The van der Waals surface area contributed by atoms with Crippen molar-refractivity contribution in [1.82, 2.24) is 15.5 Å². The summed E-state index contributed by atoms with van der Waals surface area (Å²) < 4.78 is 41.0. The highest BCUT2D eigenvalue weighted by molar-refractivity contribution is 5.95. The first-order valence-corrected chi connectivity index (χ1v) is 11.6. The fourth-order valence-corrected chi connectivity index (χ4v) is 4.75. The van der Waals surface area contributed by atoms with Crippen LogP contribution in [-0.4, -0.2) is 77.8 Å². The van der Waals surface area contributed by atoms with E-state index in [1.807, 2.05) is 13.8 Å². The Morgan fingerprint density at radius 2 is 1.97 bits per heavy atom. The predicted molar refractivity (Wildman–Crippen MR) is 112 cm³/mol. The Morgan fingerprint density at radius 1 is 1.29 bits per heavy atom. The van der Waals surface area contributed by atoms with Crippen LogP contribution in [0.1, 0.15) is 52.4 Å². The highest BCUT2D eigenvalue weighted by Crippen LogP contribution is 2.55. The topological polar surface area (TPSA) is 125 Å². The molecule has 1 saturated carbocycles. The number of hydrogen-bond donors (Lipinski definition) is 3. The maximum Gasteiger partial charge on any atom is 0.522 e. The largest absolute Gasteiger partial charge is 0.522 e. The molecule has 3 N–H and O–H groups in total. The van der Waals surface area contributed by atoms with E-state index in [-0.39, 0.29) is 30.1 Å². The minimum atomic E-state index is -5.02. The lowest BCUT2D eigenvalue weighted by atomic mass is 9.95. The van der Waals surface area contributed by atoms with Crippen molar-refractivity contribution in [3.63, 3.8) is 0 Å². The van der Waals surface area contributed by atoms with E-state index < -0.39 is 54.7 Å². The van der Waals surface area contributed by atoms with E-state index >= 15 is 0 Å². The number of rotatable bonds is 10. The van der Waals surface area contributed by atoms with Gasteiger partial charge in [0.05, 0.1) is 6.04 Å². The van der Waals surface area contributed by atoms with Crippen LogP contribution in [0.25, 0.3) is 0 Å². The van der Waals surface area contributed by atoms with Gasteiger partial charge in [-0.3, -0.25) is 23.9 Å². The van der Waals surface area contributed by atoms with Crippen molar-refractivity contribution in [3.8, 4) is 0 Å². The molecule has 12 heteroatoms. The van der Waals surface area contributed by atoms with Gasteiger partial charge in [-0.1, -0.05) is 13.8 Å². The molecule has 0 aromatic rings. The van der Waals surface area contributed by atoms with E-state index in [0.717, 1.165) is 12.8 Å². The molecule has 0 unspecified atom stereocenters. The van der Waals surface area contributed by atoms with Crippen molar-refractivity contribution < 1.29 is 42.2 Å². The Kier molecular flexibility index (Phi) is 7.91. The van der Waals surface area contributed by atoms with E-state index in [4.69, 9.17) is 0 Å². The number of ketones is 1. The number of nitrogens with one attached hydrogen (secondary N) is 2. The molecule has 3 amide bonds. The molecule has 2 saturated heterocycles. The highest BCUT2D eigenvalue weighted by Gasteiger charge is 2.56. The van der Waals surface area contributed by atoms with Crippen LogP contribution >= 0.6 is 0 Å². The number of halogens is 3. The van der Waals surface area contributed by atoms with E-state index in [1.165, 1.54) is 4.90 Å². The molecule has 3 rings (SSSR count). The first-order chi connectivity index (χ1) is 15.8. The van der Waals surface area contributed by atoms with E-state index in [2.05, 4.69) is 15.4 Å². The summed E-state index contributed by atoms with van der Waals surface area (Å²) in [5.41, 5.74) is -0.209. The number of aliphatic hydroxyl groups excluding tert-OH is 1. The van der Waals surface area contributed by atoms with Crippen molar-refractivity contribution in [2.45, 2.75) is 76.9 Å². The minimum Gasteiger partial charge on any atom is -0.383 e.